The average Bonchev–Trinajstić information content (AvgIpc) is 2.75. The van der Waals surface area contributed by atoms with Crippen LogP contribution in [-0.4, -0.2) is 31.0 Å². The van der Waals surface area contributed by atoms with Crippen molar-refractivity contribution in [2.24, 2.45) is 5.92 Å². The van der Waals surface area contributed by atoms with Gasteiger partial charge in [-0.1, -0.05) is 44.2 Å². The Labute approximate surface area is 173 Å². The highest BCUT2D eigenvalue weighted by atomic mass is 16.5. The summed E-state index contributed by atoms with van der Waals surface area (Å²) in [5.74, 6) is 0.715. The predicted octanol–water partition coefficient (Wildman–Crippen LogP) is 4.58. The minimum absolute atomic E-state index is 0.000878. The van der Waals surface area contributed by atoms with E-state index in [1.54, 1.807) is 19.1 Å². The van der Waals surface area contributed by atoms with E-state index in [0.29, 0.717) is 6.54 Å². The fourth-order valence-corrected chi connectivity index (χ4v) is 2.91. The highest BCUT2D eigenvalue weighted by molar-refractivity contribution is 5.92. The molecule has 0 aromatic heterocycles. The SMILES string of the molecule is CCC(C)C(=O)Nc1cccc(CNC(=O)N(C)C(C)c2ccccc2OC)c1. The molecule has 2 rings (SSSR count). The maximum atomic E-state index is 12.6. The van der Waals surface area contributed by atoms with Crippen LogP contribution in [-0.2, 0) is 11.3 Å². The molecule has 0 radical (unpaired) electrons. The molecule has 2 aromatic rings. The van der Waals surface area contributed by atoms with Crippen LogP contribution >= 0.6 is 0 Å². The van der Waals surface area contributed by atoms with Gasteiger partial charge in [0, 0.05) is 30.8 Å². The highest BCUT2D eigenvalue weighted by Gasteiger charge is 2.20. The van der Waals surface area contributed by atoms with Gasteiger partial charge in [0.1, 0.15) is 5.75 Å². The monoisotopic (exact) mass is 397 g/mol. The molecular formula is C23H31N3O3. The number of ether oxygens (including phenoxy) is 1. The number of urea groups is 1. The van der Waals surface area contributed by atoms with E-state index in [-0.39, 0.29) is 23.9 Å². The van der Waals surface area contributed by atoms with Crippen molar-refractivity contribution < 1.29 is 14.3 Å². The summed E-state index contributed by atoms with van der Waals surface area (Å²) in [6, 6.07) is 14.9. The van der Waals surface area contributed by atoms with Crippen LogP contribution in [0, 0.1) is 5.92 Å². The lowest BCUT2D eigenvalue weighted by Gasteiger charge is -2.26. The van der Waals surface area contributed by atoms with Gasteiger partial charge < -0.3 is 20.3 Å². The second kappa shape index (κ2) is 10.5. The molecular weight excluding hydrogens is 366 g/mol. The molecule has 0 heterocycles. The van der Waals surface area contributed by atoms with Crippen molar-refractivity contribution in [3.8, 4) is 5.75 Å². The maximum absolute atomic E-state index is 12.6. The van der Waals surface area contributed by atoms with Gasteiger partial charge in [0.15, 0.2) is 0 Å². The Morgan fingerprint density at radius 3 is 2.52 bits per heavy atom. The second-order valence-electron chi connectivity index (χ2n) is 7.19. The number of hydrogen-bond donors (Lipinski definition) is 2. The molecule has 0 aliphatic heterocycles. The summed E-state index contributed by atoms with van der Waals surface area (Å²) in [6.45, 7) is 6.22. The molecule has 156 valence electrons. The van der Waals surface area contributed by atoms with Crippen molar-refractivity contribution in [1.29, 1.82) is 0 Å². The molecule has 6 heteroatoms. The molecule has 2 atom stereocenters. The lowest BCUT2D eigenvalue weighted by Crippen LogP contribution is -2.38. The van der Waals surface area contributed by atoms with Gasteiger partial charge in [-0.3, -0.25) is 4.79 Å². The van der Waals surface area contributed by atoms with E-state index < -0.39 is 0 Å². The third-order valence-corrected chi connectivity index (χ3v) is 5.19. The van der Waals surface area contributed by atoms with Crippen molar-refractivity contribution in [2.45, 2.75) is 39.8 Å². The Bertz CT molecular complexity index is 838. The summed E-state index contributed by atoms with van der Waals surface area (Å²) >= 11 is 0. The van der Waals surface area contributed by atoms with E-state index in [1.165, 1.54) is 0 Å². The van der Waals surface area contributed by atoms with Crippen LogP contribution in [0.5, 0.6) is 5.75 Å². The van der Waals surface area contributed by atoms with E-state index in [2.05, 4.69) is 10.6 Å². The minimum Gasteiger partial charge on any atom is -0.496 e. The number of carbonyl (C=O) groups excluding carboxylic acids is 2. The summed E-state index contributed by atoms with van der Waals surface area (Å²) in [5.41, 5.74) is 2.60. The van der Waals surface area contributed by atoms with Crippen LogP contribution < -0.4 is 15.4 Å². The first kappa shape index (κ1) is 22.3. The summed E-state index contributed by atoms with van der Waals surface area (Å²) in [5, 5.41) is 5.85. The molecule has 0 aliphatic carbocycles. The summed E-state index contributed by atoms with van der Waals surface area (Å²) in [6.07, 6.45) is 0.790. The molecule has 0 saturated heterocycles. The van der Waals surface area contributed by atoms with Gasteiger partial charge in [-0.15, -0.1) is 0 Å². The summed E-state index contributed by atoms with van der Waals surface area (Å²) in [7, 11) is 3.38. The van der Waals surface area contributed by atoms with Gasteiger partial charge in [-0.2, -0.15) is 0 Å². The van der Waals surface area contributed by atoms with Crippen LogP contribution in [0.15, 0.2) is 48.5 Å². The Hall–Kier alpha value is -3.02. The zero-order valence-electron chi connectivity index (χ0n) is 17.9. The van der Waals surface area contributed by atoms with Gasteiger partial charge in [0.05, 0.1) is 13.2 Å². The summed E-state index contributed by atoms with van der Waals surface area (Å²) < 4.78 is 5.40. The van der Waals surface area contributed by atoms with Crippen LogP contribution in [0.25, 0.3) is 0 Å². The van der Waals surface area contributed by atoms with E-state index in [1.807, 2.05) is 69.3 Å². The number of rotatable bonds is 8. The van der Waals surface area contributed by atoms with Crippen molar-refractivity contribution in [2.75, 3.05) is 19.5 Å². The van der Waals surface area contributed by atoms with Crippen molar-refractivity contribution in [1.82, 2.24) is 10.2 Å². The largest absolute Gasteiger partial charge is 0.496 e. The Morgan fingerprint density at radius 2 is 1.83 bits per heavy atom. The van der Waals surface area contributed by atoms with E-state index in [9.17, 15) is 9.59 Å². The average molecular weight is 398 g/mol. The van der Waals surface area contributed by atoms with Gasteiger partial charge >= 0.3 is 6.03 Å². The van der Waals surface area contributed by atoms with Crippen molar-refractivity contribution in [3.05, 3.63) is 59.7 Å². The molecule has 0 saturated carbocycles. The van der Waals surface area contributed by atoms with Crippen LogP contribution in [0.2, 0.25) is 0 Å². The fraction of sp³-hybridized carbons (Fsp3) is 0.391. The van der Waals surface area contributed by atoms with Gasteiger partial charge in [-0.05, 0) is 37.1 Å². The quantitative estimate of drug-likeness (QED) is 0.685. The Morgan fingerprint density at radius 1 is 1.10 bits per heavy atom. The van der Waals surface area contributed by atoms with Crippen LogP contribution in [0.3, 0.4) is 0 Å². The zero-order valence-corrected chi connectivity index (χ0v) is 17.9. The van der Waals surface area contributed by atoms with Gasteiger partial charge in [0.25, 0.3) is 0 Å². The minimum atomic E-state index is -0.183. The van der Waals surface area contributed by atoms with E-state index >= 15 is 0 Å². The number of para-hydroxylation sites is 1. The third kappa shape index (κ3) is 5.98. The smallest absolute Gasteiger partial charge is 0.317 e. The molecule has 0 aliphatic rings. The topological polar surface area (TPSA) is 70.7 Å². The number of amides is 3. The number of benzene rings is 2. The lowest BCUT2D eigenvalue weighted by molar-refractivity contribution is -0.119. The summed E-state index contributed by atoms with van der Waals surface area (Å²) in [4.78, 5) is 26.3. The van der Waals surface area contributed by atoms with Crippen molar-refractivity contribution >= 4 is 17.6 Å². The zero-order chi connectivity index (χ0) is 21.4. The van der Waals surface area contributed by atoms with Gasteiger partial charge in [0.2, 0.25) is 5.91 Å². The second-order valence-corrected chi connectivity index (χ2v) is 7.19. The third-order valence-electron chi connectivity index (χ3n) is 5.19. The fourth-order valence-electron chi connectivity index (χ4n) is 2.91. The van der Waals surface area contributed by atoms with Crippen molar-refractivity contribution in [3.63, 3.8) is 0 Å². The number of nitrogens with zero attached hydrogens (tertiary/aromatic N) is 1. The molecule has 2 aromatic carbocycles. The van der Waals surface area contributed by atoms with E-state index in [4.69, 9.17) is 4.74 Å². The Kier molecular flexibility index (Phi) is 8.07. The number of carbonyl (C=O) groups is 2. The first-order chi connectivity index (χ1) is 13.9. The molecule has 6 nitrogen and oxygen atoms in total. The standard InChI is InChI=1S/C23H31N3O3/c1-6-16(2)22(27)25-19-11-9-10-18(14-19)15-24-23(28)26(4)17(3)20-12-7-8-13-21(20)29-5/h7-14,16-17H,6,15H2,1-5H3,(H,24,28)(H,25,27). The number of nitrogens with one attached hydrogen (secondary N) is 2. The molecule has 2 N–H and O–H groups in total. The van der Waals surface area contributed by atoms with Gasteiger partial charge in [-0.25, -0.2) is 4.79 Å². The molecule has 2 unspecified atom stereocenters. The van der Waals surface area contributed by atoms with Crippen LogP contribution in [0.4, 0.5) is 10.5 Å². The first-order valence-corrected chi connectivity index (χ1v) is 9.90. The molecule has 29 heavy (non-hydrogen) atoms. The van der Waals surface area contributed by atoms with Crippen LogP contribution in [0.1, 0.15) is 44.4 Å². The first-order valence-electron chi connectivity index (χ1n) is 9.90. The molecule has 3 amide bonds. The maximum Gasteiger partial charge on any atom is 0.317 e. The number of anilines is 1. The van der Waals surface area contributed by atoms with E-state index in [0.717, 1.165) is 29.0 Å². The molecule has 0 spiro atoms. The predicted molar refractivity (Wildman–Crippen MR) is 116 cm³/mol. The Balaban J connectivity index is 1.98. The normalized spacial score (nSPS) is 12.6. The lowest BCUT2D eigenvalue weighted by atomic mass is 10.1. The molecule has 0 bridgehead atoms. The number of hydrogen-bond acceptors (Lipinski definition) is 3. The molecule has 0 fully saturated rings. The highest BCUT2D eigenvalue weighted by Crippen LogP contribution is 2.28. The number of methoxy groups -OCH3 is 1.